The van der Waals surface area contributed by atoms with Gasteiger partial charge in [0.25, 0.3) is 0 Å². The Morgan fingerprint density at radius 1 is 1.23 bits per heavy atom. The van der Waals surface area contributed by atoms with E-state index in [4.69, 9.17) is 0 Å². The Labute approximate surface area is 126 Å². The molecule has 0 radical (unpaired) electrons. The van der Waals surface area contributed by atoms with E-state index in [9.17, 15) is 26.7 Å². The summed E-state index contributed by atoms with van der Waals surface area (Å²) in [6.07, 6.45) is 0.807. The maximum absolute atomic E-state index is 12.5. The molecule has 1 unspecified atom stereocenters. The number of benzene rings is 1. The maximum Gasteiger partial charge on any atom is 0.416 e. The van der Waals surface area contributed by atoms with Crippen LogP contribution in [0, 0.1) is 0 Å². The third kappa shape index (κ3) is 4.08. The Kier molecular flexibility index (Phi) is 4.65. The van der Waals surface area contributed by atoms with Gasteiger partial charge in [0.15, 0.2) is 0 Å². The van der Waals surface area contributed by atoms with Gasteiger partial charge in [-0.05, 0) is 43.5 Å². The molecule has 1 aromatic rings. The molecule has 0 spiro atoms. The first-order valence-corrected chi connectivity index (χ1v) is 8.18. The molecule has 0 fully saturated rings. The topological polar surface area (TPSA) is 66.4 Å². The number of hydrogen-bond donors (Lipinski definition) is 2. The minimum absolute atomic E-state index is 0.215. The van der Waals surface area contributed by atoms with Crippen LogP contribution in [0.15, 0.2) is 41.3 Å². The zero-order valence-electron chi connectivity index (χ0n) is 11.6. The van der Waals surface area contributed by atoms with Crippen LogP contribution in [0.25, 0.3) is 0 Å². The zero-order chi connectivity index (χ0) is 16.4. The number of rotatable bonds is 4. The molecule has 8 heteroatoms. The number of sulfonamides is 1. The molecule has 122 valence electrons. The average molecular weight is 335 g/mol. The molecule has 22 heavy (non-hydrogen) atoms. The normalized spacial score (nSPS) is 22.7. The molecule has 1 aromatic carbocycles. The molecule has 4 nitrogen and oxygen atoms in total. The Bertz CT molecular complexity index is 653. The van der Waals surface area contributed by atoms with Crippen molar-refractivity contribution in [1.29, 1.82) is 0 Å². The van der Waals surface area contributed by atoms with Crippen LogP contribution in [0.4, 0.5) is 13.2 Å². The van der Waals surface area contributed by atoms with Gasteiger partial charge in [0.1, 0.15) is 0 Å². The summed E-state index contributed by atoms with van der Waals surface area (Å²) in [4.78, 5) is -0.274. The Morgan fingerprint density at radius 3 is 2.36 bits per heavy atom. The lowest BCUT2D eigenvalue weighted by molar-refractivity contribution is -0.137. The third-order valence-electron chi connectivity index (χ3n) is 3.47. The molecule has 0 amide bonds. The second-order valence-corrected chi connectivity index (χ2v) is 7.01. The highest BCUT2D eigenvalue weighted by molar-refractivity contribution is 7.89. The largest absolute Gasteiger partial charge is 0.416 e. The lowest BCUT2D eigenvalue weighted by atomic mass is 9.91. The lowest BCUT2D eigenvalue weighted by Crippen LogP contribution is -2.42. The van der Waals surface area contributed by atoms with Gasteiger partial charge in [-0.3, -0.25) is 0 Å². The highest BCUT2D eigenvalue weighted by atomic mass is 32.2. The van der Waals surface area contributed by atoms with Crippen molar-refractivity contribution in [2.24, 2.45) is 0 Å². The van der Waals surface area contributed by atoms with Crippen LogP contribution in [0.1, 0.15) is 24.8 Å². The van der Waals surface area contributed by atoms with Gasteiger partial charge in [-0.15, -0.1) is 0 Å². The summed E-state index contributed by atoms with van der Waals surface area (Å²) in [5, 5.41) is 10.2. The summed E-state index contributed by atoms with van der Waals surface area (Å²) in [5.41, 5.74) is -2.17. The number of alkyl halides is 3. The molecular weight excluding hydrogens is 319 g/mol. The predicted octanol–water partition coefficient (Wildman–Crippen LogP) is 2.45. The molecule has 2 N–H and O–H groups in total. The molecule has 1 aliphatic rings. The summed E-state index contributed by atoms with van der Waals surface area (Å²) >= 11 is 0. The fraction of sp³-hybridized carbons (Fsp3) is 0.429. The summed E-state index contributed by atoms with van der Waals surface area (Å²) in [6.45, 7) is -0.215. The van der Waals surface area contributed by atoms with Crippen LogP contribution in [-0.4, -0.2) is 25.7 Å². The van der Waals surface area contributed by atoms with Crippen molar-refractivity contribution in [2.75, 3.05) is 6.54 Å². The van der Waals surface area contributed by atoms with Gasteiger partial charge in [-0.2, -0.15) is 13.2 Å². The van der Waals surface area contributed by atoms with Gasteiger partial charge in [-0.1, -0.05) is 12.2 Å². The Balaban J connectivity index is 2.10. The van der Waals surface area contributed by atoms with E-state index in [1.54, 1.807) is 12.2 Å². The van der Waals surface area contributed by atoms with E-state index < -0.39 is 27.4 Å². The number of allylic oxidation sites excluding steroid dienone is 1. The van der Waals surface area contributed by atoms with Crippen LogP contribution in [0.2, 0.25) is 0 Å². The van der Waals surface area contributed by atoms with Gasteiger partial charge < -0.3 is 5.11 Å². The molecular formula is C14H16F3NO3S. The van der Waals surface area contributed by atoms with Gasteiger partial charge >= 0.3 is 6.18 Å². The fourth-order valence-electron chi connectivity index (χ4n) is 2.19. The number of hydrogen-bond acceptors (Lipinski definition) is 3. The van der Waals surface area contributed by atoms with Gasteiger partial charge in [-0.25, -0.2) is 13.1 Å². The minimum Gasteiger partial charge on any atom is -0.384 e. The molecule has 0 aromatic heterocycles. The van der Waals surface area contributed by atoms with E-state index in [0.717, 1.165) is 25.0 Å². The van der Waals surface area contributed by atoms with Crippen LogP contribution in [-0.2, 0) is 16.2 Å². The number of halogens is 3. The highest BCUT2D eigenvalue weighted by Crippen LogP contribution is 2.29. The van der Waals surface area contributed by atoms with Crippen LogP contribution in [0.3, 0.4) is 0 Å². The predicted molar refractivity (Wildman–Crippen MR) is 74.6 cm³/mol. The SMILES string of the molecule is O=S(=O)(NCC1(O)C=CCCC1)c1ccc(C(F)(F)F)cc1. The molecule has 0 bridgehead atoms. The lowest BCUT2D eigenvalue weighted by Gasteiger charge is -2.27. The third-order valence-corrected chi connectivity index (χ3v) is 4.89. The first kappa shape index (κ1) is 17.0. The summed E-state index contributed by atoms with van der Waals surface area (Å²) in [6, 6.07) is 3.21. The van der Waals surface area contributed by atoms with Gasteiger partial charge in [0.2, 0.25) is 10.0 Å². The van der Waals surface area contributed by atoms with Crippen molar-refractivity contribution in [2.45, 2.75) is 35.9 Å². The molecule has 0 aliphatic heterocycles. The summed E-state index contributed by atoms with van der Waals surface area (Å²) < 4.78 is 63.7. The van der Waals surface area contributed by atoms with E-state index in [0.29, 0.717) is 18.6 Å². The van der Waals surface area contributed by atoms with Crippen molar-refractivity contribution in [3.05, 3.63) is 42.0 Å². The Morgan fingerprint density at radius 2 is 1.86 bits per heavy atom. The summed E-state index contributed by atoms with van der Waals surface area (Å²) in [7, 11) is -3.97. The molecule has 0 heterocycles. The van der Waals surface area contributed by atoms with Crippen LogP contribution < -0.4 is 4.72 Å². The van der Waals surface area contributed by atoms with Gasteiger partial charge in [0.05, 0.1) is 16.1 Å². The smallest absolute Gasteiger partial charge is 0.384 e. The van der Waals surface area contributed by atoms with E-state index in [1.165, 1.54) is 0 Å². The van der Waals surface area contributed by atoms with E-state index in [-0.39, 0.29) is 11.4 Å². The first-order chi connectivity index (χ1) is 10.1. The molecule has 0 saturated heterocycles. The first-order valence-electron chi connectivity index (χ1n) is 6.69. The quantitative estimate of drug-likeness (QED) is 0.831. The number of nitrogens with one attached hydrogen (secondary N) is 1. The minimum atomic E-state index is -4.52. The van der Waals surface area contributed by atoms with Crippen molar-refractivity contribution in [3.63, 3.8) is 0 Å². The van der Waals surface area contributed by atoms with Crippen molar-refractivity contribution in [1.82, 2.24) is 4.72 Å². The van der Waals surface area contributed by atoms with Crippen LogP contribution in [0.5, 0.6) is 0 Å². The molecule has 1 atom stereocenters. The zero-order valence-corrected chi connectivity index (χ0v) is 12.4. The summed E-state index contributed by atoms with van der Waals surface area (Å²) in [5.74, 6) is 0. The maximum atomic E-state index is 12.5. The number of aliphatic hydroxyl groups is 1. The van der Waals surface area contributed by atoms with E-state index in [2.05, 4.69) is 4.72 Å². The average Bonchev–Trinajstić information content (AvgIpc) is 2.46. The van der Waals surface area contributed by atoms with Crippen LogP contribution >= 0.6 is 0 Å². The molecule has 1 aliphatic carbocycles. The van der Waals surface area contributed by atoms with E-state index >= 15 is 0 Å². The van der Waals surface area contributed by atoms with Gasteiger partial charge in [0, 0.05) is 6.54 Å². The Hall–Kier alpha value is -1.38. The van der Waals surface area contributed by atoms with Crippen molar-refractivity contribution in [3.8, 4) is 0 Å². The fourth-order valence-corrected chi connectivity index (χ4v) is 3.29. The molecule has 0 saturated carbocycles. The second kappa shape index (κ2) is 6.02. The highest BCUT2D eigenvalue weighted by Gasteiger charge is 2.31. The molecule has 2 rings (SSSR count). The second-order valence-electron chi connectivity index (χ2n) is 5.24. The monoisotopic (exact) mass is 335 g/mol. The van der Waals surface area contributed by atoms with Crippen molar-refractivity contribution < 1.29 is 26.7 Å². The van der Waals surface area contributed by atoms with Crippen molar-refractivity contribution >= 4 is 10.0 Å². The standard InChI is InChI=1S/C14H16F3NO3S/c15-14(16,17)11-4-6-12(7-5-11)22(20,21)18-10-13(19)8-2-1-3-9-13/h2,4-8,18-19H,1,3,9-10H2. The van der Waals surface area contributed by atoms with E-state index in [1.807, 2.05) is 0 Å².